The van der Waals surface area contributed by atoms with Gasteiger partial charge >= 0.3 is 0 Å². The lowest BCUT2D eigenvalue weighted by molar-refractivity contribution is 0.104. The van der Waals surface area contributed by atoms with Crippen molar-refractivity contribution in [2.45, 2.75) is 6.92 Å². The van der Waals surface area contributed by atoms with Crippen molar-refractivity contribution in [2.24, 2.45) is 7.05 Å². The van der Waals surface area contributed by atoms with Gasteiger partial charge in [0, 0.05) is 40.3 Å². The summed E-state index contributed by atoms with van der Waals surface area (Å²) in [6.45, 7) is 1.99. The Balaban J connectivity index is 2.17. The quantitative estimate of drug-likeness (QED) is 0.640. The zero-order chi connectivity index (χ0) is 14.3. The smallest absolute Gasteiger partial charge is 0.195 e. The van der Waals surface area contributed by atoms with Gasteiger partial charge in [0.05, 0.1) is 0 Å². The maximum atomic E-state index is 12.7. The average Bonchev–Trinajstić information content (AvgIpc) is 2.75. The molecule has 0 aliphatic heterocycles. The molecular weight excluding hydrogens is 270 g/mol. The number of aryl methyl sites for hydroxylation is 2. The van der Waals surface area contributed by atoms with Crippen LogP contribution in [0.2, 0.25) is 5.02 Å². The summed E-state index contributed by atoms with van der Waals surface area (Å²) in [5.41, 5.74) is 3.48. The third-order valence-corrected chi connectivity index (χ3v) is 3.71. The SMILES string of the molecule is Cc1cccc(C(=O)c2cn(C)c3cc(Cl)ccc23)c1. The Hall–Kier alpha value is -2.06. The summed E-state index contributed by atoms with van der Waals surface area (Å²) in [7, 11) is 1.92. The van der Waals surface area contributed by atoms with Gasteiger partial charge in [-0.2, -0.15) is 0 Å². The van der Waals surface area contributed by atoms with Gasteiger partial charge < -0.3 is 4.57 Å². The highest BCUT2D eigenvalue weighted by Gasteiger charge is 2.15. The van der Waals surface area contributed by atoms with Crippen LogP contribution in [0.3, 0.4) is 0 Å². The summed E-state index contributed by atoms with van der Waals surface area (Å²) >= 11 is 6.02. The maximum absolute atomic E-state index is 12.7. The molecule has 0 spiro atoms. The predicted octanol–water partition coefficient (Wildman–Crippen LogP) is 4.37. The summed E-state index contributed by atoms with van der Waals surface area (Å²) in [5, 5.41) is 1.61. The molecule has 0 saturated heterocycles. The van der Waals surface area contributed by atoms with Gasteiger partial charge in [0.1, 0.15) is 0 Å². The first-order valence-corrected chi connectivity index (χ1v) is 6.80. The molecule has 1 aromatic heterocycles. The minimum atomic E-state index is 0.0432. The summed E-state index contributed by atoms with van der Waals surface area (Å²) in [4.78, 5) is 12.7. The zero-order valence-electron chi connectivity index (χ0n) is 11.4. The first kappa shape index (κ1) is 12.9. The van der Waals surface area contributed by atoms with Crippen LogP contribution in [0, 0.1) is 6.92 Å². The summed E-state index contributed by atoms with van der Waals surface area (Å²) in [5.74, 6) is 0.0432. The lowest BCUT2D eigenvalue weighted by atomic mass is 10.0. The van der Waals surface area contributed by atoms with Crippen LogP contribution < -0.4 is 0 Å². The van der Waals surface area contributed by atoms with Gasteiger partial charge in [-0.25, -0.2) is 0 Å². The van der Waals surface area contributed by atoms with E-state index in [0.29, 0.717) is 16.1 Å². The van der Waals surface area contributed by atoms with Gasteiger partial charge in [0.2, 0.25) is 0 Å². The van der Waals surface area contributed by atoms with E-state index in [9.17, 15) is 4.79 Å². The minimum Gasteiger partial charge on any atom is -0.350 e. The van der Waals surface area contributed by atoms with Crippen LogP contribution in [0.4, 0.5) is 0 Å². The molecule has 100 valence electrons. The molecule has 2 nitrogen and oxygen atoms in total. The molecule has 0 atom stereocenters. The second kappa shape index (κ2) is 4.80. The van der Waals surface area contributed by atoms with E-state index in [0.717, 1.165) is 16.5 Å². The molecule has 2 aromatic carbocycles. The van der Waals surface area contributed by atoms with Crippen molar-refractivity contribution in [3.63, 3.8) is 0 Å². The standard InChI is InChI=1S/C17H14ClNO/c1-11-4-3-5-12(8-11)17(20)15-10-19(2)16-9-13(18)6-7-14(15)16/h3-10H,1-2H3. The molecule has 20 heavy (non-hydrogen) atoms. The molecule has 0 aliphatic carbocycles. The van der Waals surface area contributed by atoms with Gasteiger partial charge in [-0.1, -0.05) is 41.4 Å². The highest BCUT2D eigenvalue weighted by atomic mass is 35.5. The number of carbonyl (C=O) groups excluding carboxylic acids is 1. The van der Waals surface area contributed by atoms with E-state index >= 15 is 0 Å². The molecule has 0 fully saturated rings. The third-order valence-electron chi connectivity index (χ3n) is 3.48. The van der Waals surface area contributed by atoms with E-state index in [1.54, 1.807) is 0 Å². The first-order chi connectivity index (χ1) is 9.56. The fourth-order valence-electron chi connectivity index (χ4n) is 2.48. The highest BCUT2D eigenvalue weighted by Crippen LogP contribution is 2.26. The monoisotopic (exact) mass is 283 g/mol. The second-order valence-corrected chi connectivity index (χ2v) is 5.45. The Bertz CT molecular complexity index is 817. The van der Waals surface area contributed by atoms with E-state index in [4.69, 9.17) is 11.6 Å². The molecule has 3 aromatic rings. The first-order valence-electron chi connectivity index (χ1n) is 6.42. The van der Waals surface area contributed by atoms with Crippen molar-refractivity contribution >= 4 is 28.3 Å². The van der Waals surface area contributed by atoms with E-state index in [2.05, 4.69) is 0 Å². The predicted molar refractivity (Wildman–Crippen MR) is 82.5 cm³/mol. The number of hydrogen-bond acceptors (Lipinski definition) is 1. The van der Waals surface area contributed by atoms with Crippen molar-refractivity contribution in [1.82, 2.24) is 4.57 Å². The minimum absolute atomic E-state index is 0.0432. The van der Waals surface area contributed by atoms with Crippen molar-refractivity contribution in [2.75, 3.05) is 0 Å². The topological polar surface area (TPSA) is 22.0 Å². The molecular formula is C17H14ClNO. The normalized spacial score (nSPS) is 10.9. The number of benzene rings is 2. The van der Waals surface area contributed by atoms with Crippen LogP contribution >= 0.6 is 11.6 Å². The number of hydrogen-bond donors (Lipinski definition) is 0. The van der Waals surface area contributed by atoms with Crippen molar-refractivity contribution in [3.05, 3.63) is 70.4 Å². The number of aromatic nitrogens is 1. The molecule has 0 radical (unpaired) electrons. The van der Waals surface area contributed by atoms with Crippen molar-refractivity contribution < 1.29 is 4.79 Å². The summed E-state index contributed by atoms with van der Waals surface area (Å²) in [6, 6.07) is 13.3. The lowest BCUT2D eigenvalue weighted by Gasteiger charge is -2.01. The molecule has 1 heterocycles. The molecule has 3 heteroatoms. The van der Waals surface area contributed by atoms with E-state index in [1.807, 2.05) is 67.2 Å². The van der Waals surface area contributed by atoms with Gasteiger partial charge in [0.25, 0.3) is 0 Å². The summed E-state index contributed by atoms with van der Waals surface area (Å²) < 4.78 is 1.93. The fraction of sp³-hybridized carbons (Fsp3) is 0.118. The Labute approximate surface area is 122 Å². The number of fused-ring (bicyclic) bond motifs is 1. The van der Waals surface area contributed by atoms with E-state index in [-0.39, 0.29) is 5.78 Å². The van der Waals surface area contributed by atoms with Crippen LogP contribution in [-0.2, 0) is 7.05 Å². The Morgan fingerprint density at radius 1 is 1.15 bits per heavy atom. The molecule has 3 rings (SSSR count). The zero-order valence-corrected chi connectivity index (χ0v) is 12.1. The Morgan fingerprint density at radius 2 is 1.95 bits per heavy atom. The fourth-order valence-corrected chi connectivity index (χ4v) is 2.65. The summed E-state index contributed by atoms with van der Waals surface area (Å²) in [6.07, 6.45) is 1.87. The molecule has 0 amide bonds. The van der Waals surface area contributed by atoms with Crippen LogP contribution in [-0.4, -0.2) is 10.4 Å². The Kier molecular flexibility index (Phi) is 3.11. The van der Waals surface area contributed by atoms with Crippen LogP contribution in [0.1, 0.15) is 21.5 Å². The van der Waals surface area contributed by atoms with Gasteiger partial charge in [-0.3, -0.25) is 4.79 Å². The highest BCUT2D eigenvalue weighted by molar-refractivity contribution is 6.31. The third kappa shape index (κ3) is 2.12. The second-order valence-electron chi connectivity index (χ2n) is 5.01. The lowest BCUT2D eigenvalue weighted by Crippen LogP contribution is -2.00. The number of carbonyl (C=O) groups is 1. The van der Waals surface area contributed by atoms with Crippen LogP contribution in [0.15, 0.2) is 48.7 Å². The molecule has 0 aliphatic rings. The molecule has 0 unspecified atom stereocenters. The van der Waals surface area contributed by atoms with Gasteiger partial charge in [-0.15, -0.1) is 0 Å². The van der Waals surface area contributed by atoms with Gasteiger partial charge in [-0.05, 0) is 25.1 Å². The number of ketones is 1. The number of rotatable bonds is 2. The molecule has 0 bridgehead atoms. The number of halogens is 1. The molecule has 0 saturated carbocycles. The van der Waals surface area contributed by atoms with Crippen LogP contribution in [0.25, 0.3) is 10.9 Å². The van der Waals surface area contributed by atoms with Crippen molar-refractivity contribution in [3.8, 4) is 0 Å². The molecule has 0 N–H and O–H groups in total. The maximum Gasteiger partial charge on any atom is 0.195 e. The van der Waals surface area contributed by atoms with Crippen LogP contribution in [0.5, 0.6) is 0 Å². The average molecular weight is 284 g/mol. The largest absolute Gasteiger partial charge is 0.350 e. The van der Waals surface area contributed by atoms with Gasteiger partial charge in [0.15, 0.2) is 5.78 Å². The number of nitrogens with zero attached hydrogens (tertiary/aromatic N) is 1. The van der Waals surface area contributed by atoms with Crippen molar-refractivity contribution in [1.29, 1.82) is 0 Å². The Morgan fingerprint density at radius 3 is 2.70 bits per heavy atom. The van der Waals surface area contributed by atoms with E-state index < -0.39 is 0 Å². The van der Waals surface area contributed by atoms with E-state index in [1.165, 1.54) is 0 Å².